The molecule has 2 aromatic carbocycles. The zero-order valence-corrected chi connectivity index (χ0v) is 17.8. The highest BCUT2D eigenvalue weighted by atomic mass is 32.2. The van der Waals surface area contributed by atoms with Crippen LogP contribution < -0.4 is 4.72 Å². The van der Waals surface area contributed by atoms with Gasteiger partial charge in [-0.05, 0) is 55.2 Å². The van der Waals surface area contributed by atoms with Gasteiger partial charge in [0.05, 0.1) is 11.5 Å². The van der Waals surface area contributed by atoms with Crippen molar-refractivity contribution in [3.8, 4) is 0 Å². The first-order chi connectivity index (χ1) is 13.7. The van der Waals surface area contributed by atoms with E-state index >= 15 is 0 Å². The molecule has 1 heterocycles. The van der Waals surface area contributed by atoms with E-state index in [1.54, 1.807) is 37.3 Å². The van der Waals surface area contributed by atoms with Crippen molar-refractivity contribution >= 4 is 32.6 Å². The molecule has 1 N–H and O–H groups in total. The molecule has 154 valence electrons. The highest BCUT2D eigenvalue weighted by Gasteiger charge is 2.21. The van der Waals surface area contributed by atoms with Gasteiger partial charge in [-0.25, -0.2) is 13.2 Å². The van der Waals surface area contributed by atoms with Crippen LogP contribution in [-0.4, -0.2) is 21.0 Å². The van der Waals surface area contributed by atoms with Crippen LogP contribution in [0, 0.1) is 6.92 Å². The number of nitrogens with one attached hydrogen (secondary N) is 1. The zero-order chi connectivity index (χ0) is 21.2. The summed E-state index contributed by atoms with van der Waals surface area (Å²) >= 11 is 0. The predicted octanol–water partition coefficient (Wildman–Crippen LogP) is 5.23. The highest BCUT2D eigenvalue weighted by Crippen LogP contribution is 2.30. The number of hydrogen-bond acceptors (Lipinski definition) is 5. The maximum absolute atomic E-state index is 12.8. The normalized spacial score (nSPS) is 11.8. The van der Waals surface area contributed by atoms with E-state index in [4.69, 9.17) is 9.15 Å². The van der Waals surface area contributed by atoms with Crippen LogP contribution in [0.3, 0.4) is 0 Å². The lowest BCUT2D eigenvalue weighted by Crippen LogP contribution is -2.13. The van der Waals surface area contributed by atoms with Crippen LogP contribution >= 0.6 is 0 Å². The molecule has 3 aromatic rings. The Morgan fingerprint density at radius 3 is 2.45 bits per heavy atom. The number of rotatable bonds is 7. The Bertz CT molecular complexity index is 1130. The molecule has 0 atom stereocenters. The average Bonchev–Trinajstić information content (AvgIpc) is 3.01. The molecule has 0 bridgehead atoms. The molecule has 1 aromatic heterocycles. The Morgan fingerprint density at radius 2 is 1.83 bits per heavy atom. The fourth-order valence-corrected chi connectivity index (χ4v) is 4.10. The fourth-order valence-electron chi connectivity index (χ4n) is 3.05. The molecule has 0 fully saturated rings. The molecule has 0 amide bonds. The van der Waals surface area contributed by atoms with Gasteiger partial charge in [0, 0.05) is 11.1 Å². The van der Waals surface area contributed by atoms with Gasteiger partial charge >= 0.3 is 5.97 Å². The van der Waals surface area contributed by atoms with Gasteiger partial charge in [0.2, 0.25) is 0 Å². The van der Waals surface area contributed by atoms with Gasteiger partial charge in [0.1, 0.15) is 16.9 Å². The van der Waals surface area contributed by atoms with E-state index in [2.05, 4.69) is 4.72 Å². The van der Waals surface area contributed by atoms with E-state index in [9.17, 15) is 13.2 Å². The van der Waals surface area contributed by atoms with Crippen LogP contribution in [0.4, 0.5) is 5.69 Å². The maximum atomic E-state index is 12.8. The third-order valence-electron chi connectivity index (χ3n) is 4.61. The van der Waals surface area contributed by atoms with Gasteiger partial charge in [0.25, 0.3) is 10.0 Å². The van der Waals surface area contributed by atoms with Crippen LogP contribution in [0.5, 0.6) is 0 Å². The summed E-state index contributed by atoms with van der Waals surface area (Å²) in [4.78, 5) is 12.6. The number of sulfonamides is 1. The molecule has 0 aliphatic heterocycles. The van der Waals surface area contributed by atoms with Crippen molar-refractivity contribution < 1.29 is 22.4 Å². The molecule has 0 spiro atoms. The lowest BCUT2D eigenvalue weighted by atomic mass is 10.0. The quantitative estimate of drug-likeness (QED) is 0.534. The Kier molecular flexibility index (Phi) is 5.98. The summed E-state index contributed by atoms with van der Waals surface area (Å²) in [5.74, 6) is 0.273. The zero-order valence-electron chi connectivity index (χ0n) is 17.0. The molecular weight excluding hydrogens is 390 g/mol. The summed E-state index contributed by atoms with van der Waals surface area (Å²) in [6, 6.07) is 11.6. The summed E-state index contributed by atoms with van der Waals surface area (Å²) in [6.45, 7) is 8.00. The van der Waals surface area contributed by atoms with Gasteiger partial charge in [-0.1, -0.05) is 32.9 Å². The van der Waals surface area contributed by atoms with Gasteiger partial charge < -0.3 is 9.15 Å². The third kappa shape index (κ3) is 4.45. The van der Waals surface area contributed by atoms with Gasteiger partial charge in [-0.2, -0.15) is 0 Å². The minimum Gasteiger partial charge on any atom is -0.462 e. The molecule has 3 rings (SSSR count). The Morgan fingerprint density at radius 1 is 1.14 bits per heavy atom. The maximum Gasteiger partial charge on any atom is 0.342 e. The molecule has 0 unspecified atom stereocenters. The molecule has 29 heavy (non-hydrogen) atoms. The molecule has 7 heteroatoms. The van der Waals surface area contributed by atoms with Crippen molar-refractivity contribution in [1.29, 1.82) is 0 Å². The standard InChI is InChI=1S/C22H25NO5S/c1-5-12-27-22(24)21-15(4)28-20-11-8-17(13-19(20)21)23-29(25,26)18-9-6-16(7-10-18)14(2)3/h6-11,13-14,23H,5,12H2,1-4H3. The molecule has 0 saturated carbocycles. The van der Waals surface area contributed by atoms with Gasteiger partial charge in [-0.3, -0.25) is 4.72 Å². The number of furan rings is 1. The topological polar surface area (TPSA) is 85.6 Å². The summed E-state index contributed by atoms with van der Waals surface area (Å²) in [7, 11) is -3.76. The minimum atomic E-state index is -3.76. The number of carbonyl (C=O) groups is 1. The number of fused-ring (bicyclic) bond motifs is 1. The van der Waals surface area contributed by atoms with Crippen LogP contribution in [0.15, 0.2) is 51.8 Å². The first-order valence-corrected chi connectivity index (χ1v) is 11.0. The Labute approximate surface area is 170 Å². The first kappa shape index (κ1) is 20.9. The van der Waals surface area contributed by atoms with E-state index < -0.39 is 16.0 Å². The number of benzene rings is 2. The largest absolute Gasteiger partial charge is 0.462 e. The average molecular weight is 416 g/mol. The van der Waals surface area contributed by atoms with Gasteiger partial charge in [-0.15, -0.1) is 0 Å². The number of ether oxygens (including phenoxy) is 1. The van der Waals surface area contributed by atoms with E-state index in [-0.39, 0.29) is 4.90 Å². The smallest absolute Gasteiger partial charge is 0.342 e. The van der Waals surface area contributed by atoms with E-state index in [1.165, 1.54) is 0 Å². The molecule has 0 saturated heterocycles. The number of hydrogen-bond donors (Lipinski definition) is 1. The van der Waals surface area contributed by atoms with Crippen molar-refractivity contribution in [3.63, 3.8) is 0 Å². The van der Waals surface area contributed by atoms with Gasteiger partial charge in [0.15, 0.2) is 0 Å². The van der Waals surface area contributed by atoms with Crippen molar-refractivity contribution in [2.24, 2.45) is 0 Å². The van der Waals surface area contributed by atoms with Crippen molar-refractivity contribution in [1.82, 2.24) is 0 Å². The molecule has 0 aliphatic rings. The third-order valence-corrected chi connectivity index (χ3v) is 6.01. The number of aryl methyl sites for hydroxylation is 1. The Hall–Kier alpha value is -2.80. The number of anilines is 1. The van der Waals surface area contributed by atoms with Crippen molar-refractivity contribution in [3.05, 3.63) is 59.4 Å². The molecule has 0 aliphatic carbocycles. The van der Waals surface area contributed by atoms with E-state index in [0.717, 1.165) is 5.56 Å². The minimum absolute atomic E-state index is 0.174. The summed E-state index contributed by atoms with van der Waals surface area (Å²) < 4.78 is 38.9. The lowest BCUT2D eigenvalue weighted by Gasteiger charge is -2.10. The summed E-state index contributed by atoms with van der Waals surface area (Å²) in [5.41, 5.74) is 2.22. The monoisotopic (exact) mass is 415 g/mol. The van der Waals surface area contributed by atoms with E-state index in [1.807, 2.05) is 32.9 Å². The van der Waals surface area contributed by atoms with Crippen molar-refractivity contribution in [2.75, 3.05) is 11.3 Å². The SMILES string of the molecule is CCCOC(=O)c1c(C)oc2ccc(NS(=O)(=O)c3ccc(C(C)C)cc3)cc12. The Balaban J connectivity index is 1.92. The number of carbonyl (C=O) groups excluding carboxylic acids is 1. The second-order valence-electron chi connectivity index (χ2n) is 7.21. The lowest BCUT2D eigenvalue weighted by molar-refractivity contribution is 0.0505. The molecule has 0 radical (unpaired) electrons. The number of esters is 1. The van der Waals surface area contributed by atoms with Crippen LogP contribution in [0.1, 0.15) is 54.8 Å². The molecule has 6 nitrogen and oxygen atoms in total. The molecular formula is C22H25NO5S. The van der Waals surface area contributed by atoms with Crippen LogP contribution in [-0.2, 0) is 14.8 Å². The second-order valence-corrected chi connectivity index (χ2v) is 8.89. The predicted molar refractivity (Wildman–Crippen MR) is 113 cm³/mol. The fraction of sp³-hybridized carbons (Fsp3) is 0.318. The van der Waals surface area contributed by atoms with Crippen LogP contribution in [0.2, 0.25) is 0 Å². The highest BCUT2D eigenvalue weighted by molar-refractivity contribution is 7.92. The summed E-state index contributed by atoms with van der Waals surface area (Å²) in [6.07, 6.45) is 0.710. The van der Waals surface area contributed by atoms with E-state index in [0.29, 0.717) is 46.9 Å². The van der Waals surface area contributed by atoms with Crippen molar-refractivity contribution in [2.45, 2.75) is 44.9 Å². The first-order valence-electron chi connectivity index (χ1n) is 9.56. The summed E-state index contributed by atoms with van der Waals surface area (Å²) in [5, 5.41) is 0.513. The van der Waals surface area contributed by atoms with Crippen LogP contribution in [0.25, 0.3) is 11.0 Å². The second kappa shape index (κ2) is 8.29.